The van der Waals surface area contributed by atoms with Crippen molar-refractivity contribution in [2.75, 3.05) is 6.61 Å². The summed E-state index contributed by atoms with van der Waals surface area (Å²) in [5.41, 5.74) is -1.28. The minimum Gasteiger partial charge on any atom is -0.714 e. The molecule has 0 aromatic carbocycles. The van der Waals surface area contributed by atoms with E-state index >= 15 is 0 Å². The maximum absolute atomic E-state index is 10.5. The van der Waals surface area contributed by atoms with Crippen LogP contribution in [0.2, 0.25) is 0 Å². The number of hydrogen-bond acceptors (Lipinski definition) is 12. The molecule has 1 heterocycles. The van der Waals surface area contributed by atoms with Crippen LogP contribution in [0, 0.1) is 0 Å². The molecule has 0 radical (unpaired) electrons. The van der Waals surface area contributed by atoms with E-state index in [1.54, 1.807) is 0 Å². The van der Waals surface area contributed by atoms with Gasteiger partial charge in [-0.15, -0.1) is 6.58 Å². The molecule has 0 bridgehead atoms. The first kappa shape index (κ1) is 21.3. The van der Waals surface area contributed by atoms with Crippen molar-refractivity contribution in [1.82, 2.24) is 0 Å². The lowest BCUT2D eigenvalue weighted by Gasteiger charge is -2.39. The lowest BCUT2D eigenvalue weighted by molar-refractivity contribution is -0.205. The molecular formula is C11H18NO10S2-. The van der Waals surface area contributed by atoms with Crippen LogP contribution in [-0.2, 0) is 19.4 Å². The smallest absolute Gasteiger partial charge is 0.284 e. The van der Waals surface area contributed by atoms with E-state index in [9.17, 15) is 33.4 Å². The third-order valence-corrected chi connectivity index (χ3v) is 4.38. The highest BCUT2D eigenvalue weighted by molar-refractivity contribution is 8.14. The number of rotatable bonds is 7. The molecule has 140 valence electrons. The van der Waals surface area contributed by atoms with Gasteiger partial charge in [0.25, 0.3) is 10.4 Å². The summed E-state index contributed by atoms with van der Waals surface area (Å²) in [5.74, 6) is 0. The van der Waals surface area contributed by atoms with Crippen molar-refractivity contribution in [3.8, 4) is 0 Å². The van der Waals surface area contributed by atoms with Gasteiger partial charge in [-0.25, -0.2) is 0 Å². The molecular weight excluding hydrogens is 370 g/mol. The standard InChI is InChI=1S/C11H19NO10S2/c1-2-5(14)3-7(12-22-24(18,19)20)23-11-10(17)9(16)8(15)6(4-13)21-11/h2,5-6,8-11,13-17H,1,3-4H2,(H,18,19,20)/p-1/b12-7+/t5-,6+,8+,9-,10+,11-/m0/s1. The fraction of sp³-hybridized carbons (Fsp3) is 0.727. The van der Waals surface area contributed by atoms with E-state index in [2.05, 4.69) is 16.0 Å². The first-order chi connectivity index (χ1) is 11.1. The minimum atomic E-state index is -5.14. The minimum absolute atomic E-state index is 0.258. The molecule has 11 nitrogen and oxygen atoms in total. The van der Waals surface area contributed by atoms with Gasteiger partial charge < -0.3 is 34.8 Å². The predicted molar refractivity (Wildman–Crippen MR) is 80.4 cm³/mol. The van der Waals surface area contributed by atoms with Crippen LogP contribution in [0.1, 0.15) is 6.42 Å². The number of hydrogen-bond donors (Lipinski definition) is 5. The summed E-state index contributed by atoms with van der Waals surface area (Å²) in [7, 11) is -5.14. The molecule has 1 saturated heterocycles. The molecule has 24 heavy (non-hydrogen) atoms. The van der Waals surface area contributed by atoms with Crippen LogP contribution in [0.4, 0.5) is 0 Å². The predicted octanol–water partition coefficient (Wildman–Crippen LogP) is -2.75. The van der Waals surface area contributed by atoms with E-state index in [1.807, 2.05) is 0 Å². The fourth-order valence-corrected chi connectivity index (χ4v) is 3.10. The van der Waals surface area contributed by atoms with Crippen LogP contribution < -0.4 is 0 Å². The highest BCUT2D eigenvalue weighted by Crippen LogP contribution is 2.30. The fourth-order valence-electron chi connectivity index (χ4n) is 1.76. The van der Waals surface area contributed by atoms with E-state index in [-0.39, 0.29) is 11.5 Å². The van der Waals surface area contributed by atoms with Crippen molar-refractivity contribution in [2.24, 2.45) is 5.16 Å². The Morgan fingerprint density at radius 1 is 1.38 bits per heavy atom. The zero-order valence-corrected chi connectivity index (χ0v) is 13.8. The van der Waals surface area contributed by atoms with Gasteiger partial charge in [0, 0.05) is 6.42 Å². The highest BCUT2D eigenvalue weighted by Gasteiger charge is 2.44. The quantitative estimate of drug-likeness (QED) is 0.0759. The lowest BCUT2D eigenvalue weighted by Crippen LogP contribution is -2.57. The molecule has 0 amide bonds. The Balaban J connectivity index is 2.92. The van der Waals surface area contributed by atoms with Gasteiger partial charge in [-0.1, -0.05) is 23.0 Å². The van der Waals surface area contributed by atoms with Gasteiger partial charge in [-0.05, 0) is 0 Å². The van der Waals surface area contributed by atoms with Crippen LogP contribution in [-0.4, -0.2) is 86.1 Å². The summed E-state index contributed by atoms with van der Waals surface area (Å²) in [4.78, 5) is 0. The maximum atomic E-state index is 10.5. The molecule has 0 unspecified atom stereocenters. The first-order valence-electron chi connectivity index (χ1n) is 6.58. The Kier molecular flexibility index (Phi) is 8.04. The normalized spacial score (nSPS) is 33.1. The molecule has 0 aromatic heterocycles. The van der Waals surface area contributed by atoms with Crippen molar-refractivity contribution in [1.29, 1.82) is 0 Å². The van der Waals surface area contributed by atoms with Crippen molar-refractivity contribution in [2.45, 2.75) is 42.4 Å². The van der Waals surface area contributed by atoms with Crippen molar-refractivity contribution in [3.05, 3.63) is 12.7 Å². The van der Waals surface area contributed by atoms with Gasteiger partial charge in [-0.2, -0.15) is 8.42 Å². The Bertz CT molecular complexity index is 551. The summed E-state index contributed by atoms with van der Waals surface area (Å²) in [6.07, 6.45) is -6.41. The second kappa shape index (κ2) is 9.07. The van der Waals surface area contributed by atoms with Crippen molar-refractivity contribution >= 4 is 27.2 Å². The summed E-state index contributed by atoms with van der Waals surface area (Å²) in [6, 6.07) is 0. The zero-order chi connectivity index (χ0) is 18.5. The molecule has 5 N–H and O–H groups in total. The monoisotopic (exact) mass is 388 g/mol. The second-order valence-electron chi connectivity index (χ2n) is 4.79. The lowest BCUT2D eigenvalue weighted by atomic mass is 10.0. The molecule has 0 saturated carbocycles. The number of ether oxygens (including phenoxy) is 1. The van der Waals surface area contributed by atoms with Gasteiger partial charge in [0.05, 0.1) is 12.7 Å². The average molecular weight is 388 g/mol. The van der Waals surface area contributed by atoms with E-state index in [0.29, 0.717) is 11.8 Å². The van der Waals surface area contributed by atoms with Gasteiger partial charge >= 0.3 is 0 Å². The van der Waals surface area contributed by atoms with Crippen LogP contribution in [0.3, 0.4) is 0 Å². The summed E-state index contributed by atoms with van der Waals surface area (Å²) < 4.78 is 40.4. The molecule has 1 aliphatic heterocycles. The third kappa shape index (κ3) is 6.27. The van der Waals surface area contributed by atoms with Crippen LogP contribution in [0.5, 0.6) is 0 Å². The number of aliphatic hydroxyl groups excluding tert-OH is 5. The molecule has 0 aliphatic carbocycles. The van der Waals surface area contributed by atoms with Crippen molar-refractivity contribution in [3.63, 3.8) is 0 Å². The van der Waals surface area contributed by atoms with Gasteiger partial charge in [0.15, 0.2) is 0 Å². The van der Waals surface area contributed by atoms with E-state index in [1.165, 1.54) is 0 Å². The average Bonchev–Trinajstić information content (AvgIpc) is 2.52. The second-order valence-corrected chi connectivity index (χ2v) is 6.93. The number of thioether (sulfide) groups is 1. The van der Waals surface area contributed by atoms with Crippen LogP contribution in [0.15, 0.2) is 17.8 Å². The molecule has 1 aliphatic rings. The largest absolute Gasteiger partial charge is 0.714 e. The van der Waals surface area contributed by atoms with E-state index in [4.69, 9.17) is 9.84 Å². The summed E-state index contributed by atoms with van der Waals surface area (Å²) >= 11 is 0.542. The molecule has 1 rings (SSSR count). The third-order valence-electron chi connectivity index (χ3n) is 2.99. The Labute approximate surface area is 142 Å². The zero-order valence-electron chi connectivity index (χ0n) is 12.2. The number of aliphatic hydroxyl groups is 5. The van der Waals surface area contributed by atoms with E-state index < -0.39 is 53.0 Å². The summed E-state index contributed by atoms with van der Waals surface area (Å²) in [5, 5.41) is 50.7. The number of oxime groups is 1. The molecule has 1 fully saturated rings. The first-order valence-corrected chi connectivity index (χ1v) is 8.79. The SMILES string of the molecule is C=C[C@H](O)C/C(=N\OS(=O)(=O)[O-])S[C@@H]1O[C@H](CO)[C@@H](O)[C@H](O)[C@H]1O. The molecule has 0 spiro atoms. The maximum Gasteiger partial charge on any atom is 0.284 e. The number of nitrogens with zero attached hydrogens (tertiary/aromatic N) is 1. The van der Waals surface area contributed by atoms with Gasteiger partial charge in [0.2, 0.25) is 0 Å². The van der Waals surface area contributed by atoms with Gasteiger partial charge in [-0.3, -0.25) is 4.28 Å². The Morgan fingerprint density at radius 2 is 2.00 bits per heavy atom. The molecule has 13 heteroatoms. The summed E-state index contributed by atoms with van der Waals surface area (Å²) in [6.45, 7) is 2.65. The Morgan fingerprint density at radius 3 is 2.50 bits per heavy atom. The van der Waals surface area contributed by atoms with Gasteiger partial charge in [0.1, 0.15) is 34.9 Å². The Hall–Kier alpha value is -0.770. The van der Waals surface area contributed by atoms with Crippen LogP contribution in [0.25, 0.3) is 0 Å². The highest BCUT2D eigenvalue weighted by atomic mass is 32.3. The molecule has 0 aromatic rings. The van der Waals surface area contributed by atoms with E-state index in [0.717, 1.165) is 6.08 Å². The molecule has 6 atom stereocenters. The van der Waals surface area contributed by atoms with Crippen LogP contribution >= 0.6 is 11.8 Å². The van der Waals surface area contributed by atoms with Crippen molar-refractivity contribution < 1.29 is 47.5 Å². The topological polar surface area (TPSA) is 189 Å².